The molecule has 1 aromatic carbocycles. The highest BCUT2D eigenvalue weighted by Crippen LogP contribution is 2.34. The Kier molecular flexibility index (Phi) is 5.14. The van der Waals surface area contributed by atoms with Crippen LogP contribution in [0.1, 0.15) is 41.4 Å². The number of esters is 1. The molecule has 0 bridgehead atoms. The third-order valence-corrected chi connectivity index (χ3v) is 3.70. The van der Waals surface area contributed by atoms with Crippen molar-refractivity contribution in [3.05, 3.63) is 52.9 Å². The first-order valence-corrected chi connectivity index (χ1v) is 7.47. The molecular formula is C17H18BF2NO2. The van der Waals surface area contributed by atoms with Gasteiger partial charge < -0.3 is 4.74 Å². The third-order valence-electron chi connectivity index (χ3n) is 3.70. The standard InChI is InChI=1S/C17H18BF2NO2/c1-9(2)15-14(17(22)23-3)13(12(8-18)16(20)21-15)10-4-6-11(19)7-5-10/h4-7,9H,8,18H2,1-3H3. The van der Waals surface area contributed by atoms with Gasteiger partial charge >= 0.3 is 5.97 Å². The summed E-state index contributed by atoms with van der Waals surface area (Å²) < 4.78 is 32.5. The van der Waals surface area contributed by atoms with Crippen LogP contribution in [0, 0.1) is 11.8 Å². The Morgan fingerprint density at radius 2 is 1.87 bits per heavy atom. The average Bonchev–Trinajstić information content (AvgIpc) is 2.53. The second-order valence-electron chi connectivity index (χ2n) is 5.52. The van der Waals surface area contributed by atoms with Crippen LogP contribution in [0.15, 0.2) is 24.3 Å². The first kappa shape index (κ1) is 17.1. The molecule has 0 aliphatic rings. The van der Waals surface area contributed by atoms with Gasteiger partial charge in [0.2, 0.25) is 5.95 Å². The quantitative estimate of drug-likeness (QED) is 0.494. The molecule has 0 unspecified atom stereocenters. The molecule has 0 fully saturated rings. The maximum absolute atomic E-state index is 14.4. The Morgan fingerprint density at radius 1 is 1.26 bits per heavy atom. The molecule has 3 nitrogen and oxygen atoms in total. The summed E-state index contributed by atoms with van der Waals surface area (Å²) in [6.45, 7) is 3.66. The van der Waals surface area contributed by atoms with Crippen molar-refractivity contribution in [1.82, 2.24) is 4.98 Å². The van der Waals surface area contributed by atoms with Crippen molar-refractivity contribution in [3.8, 4) is 11.1 Å². The summed E-state index contributed by atoms with van der Waals surface area (Å²) in [6, 6.07) is 5.62. The van der Waals surface area contributed by atoms with Crippen molar-refractivity contribution in [3.63, 3.8) is 0 Å². The van der Waals surface area contributed by atoms with Gasteiger partial charge in [0, 0.05) is 11.1 Å². The second kappa shape index (κ2) is 6.90. The van der Waals surface area contributed by atoms with E-state index in [-0.39, 0.29) is 11.5 Å². The fourth-order valence-electron chi connectivity index (χ4n) is 2.60. The molecule has 0 amide bonds. The number of methoxy groups -OCH3 is 1. The van der Waals surface area contributed by atoms with Gasteiger partial charge in [-0.2, -0.15) is 4.39 Å². The molecule has 2 rings (SSSR count). The van der Waals surface area contributed by atoms with Crippen LogP contribution in [-0.4, -0.2) is 25.9 Å². The minimum Gasteiger partial charge on any atom is -0.465 e. The normalized spacial score (nSPS) is 10.9. The highest BCUT2D eigenvalue weighted by atomic mass is 19.1. The number of nitrogens with zero attached hydrogens (tertiary/aromatic N) is 1. The largest absolute Gasteiger partial charge is 0.465 e. The van der Waals surface area contributed by atoms with Gasteiger partial charge in [-0.05, 0) is 23.6 Å². The lowest BCUT2D eigenvalue weighted by Gasteiger charge is -2.19. The number of rotatable bonds is 4. The lowest BCUT2D eigenvalue weighted by Crippen LogP contribution is -2.15. The van der Waals surface area contributed by atoms with Gasteiger partial charge in [-0.3, -0.25) is 0 Å². The zero-order chi connectivity index (χ0) is 17.1. The number of hydrogen-bond acceptors (Lipinski definition) is 3. The summed E-state index contributed by atoms with van der Waals surface area (Å²) in [5.74, 6) is -1.74. The summed E-state index contributed by atoms with van der Waals surface area (Å²) in [7, 11) is 3.05. The van der Waals surface area contributed by atoms with E-state index in [0.717, 1.165) is 0 Å². The second-order valence-corrected chi connectivity index (χ2v) is 5.52. The Hall–Kier alpha value is -2.24. The van der Waals surface area contributed by atoms with Gasteiger partial charge in [0.15, 0.2) is 0 Å². The van der Waals surface area contributed by atoms with Crippen molar-refractivity contribution in [2.24, 2.45) is 0 Å². The Labute approximate surface area is 135 Å². The molecule has 0 N–H and O–H groups in total. The topological polar surface area (TPSA) is 39.2 Å². The smallest absolute Gasteiger partial charge is 0.340 e. The zero-order valence-corrected chi connectivity index (χ0v) is 13.6. The van der Waals surface area contributed by atoms with Crippen LogP contribution < -0.4 is 0 Å². The van der Waals surface area contributed by atoms with E-state index in [9.17, 15) is 13.6 Å². The zero-order valence-electron chi connectivity index (χ0n) is 13.6. The molecule has 1 heterocycles. The van der Waals surface area contributed by atoms with E-state index in [0.29, 0.717) is 28.7 Å². The molecule has 6 heteroatoms. The third kappa shape index (κ3) is 3.26. The van der Waals surface area contributed by atoms with Crippen molar-refractivity contribution in [2.75, 3.05) is 7.11 Å². The van der Waals surface area contributed by atoms with E-state index in [1.54, 1.807) is 7.85 Å². The molecule has 2 aromatic rings. The van der Waals surface area contributed by atoms with Crippen LogP contribution in [0.4, 0.5) is 8.78 Å². The van der Waals surface area contributed by atoms with Gasteiger partial charge in [-0.25, -0.2) is 14.2 Å². The van der Waals surface area contributed by atoms with Gasteiger partial charge in [-0.15, -0.1) is 0 Å². The minimum atomic E-state index is -0.608. The van der Waals surface area contributed by atoms with Gasteiger partial charge in [0.05, 0.1) is 18.4 Å². The Morgan fingerprint density at radius 3 is 2.35 bits per heavy atom. The molecule has 120 valence electrons. The van der Waals surface area contributed by atoms with Crippen molar-refractivity contribution < 1.29 is 18.3 Å². The number of aromatic nitrogens is 1. The van der Waals surface area contributed by atoms with E-state index < -0.39 is 17.7 Å². The van der Waals surface area contributed by atoms with Crippen LogP contribution in [0.3, 0.4) is 0 Å². The highest BCUT2D eigenvalue weighted by Gasteiger charge is 2.26. The lowest BCUT2D eigenvalue weighted by molar-refractivity contribution is 0.0599. The first-order chi connectivity index (χ1) is 10.9. The molecule has 0 spiro atoms. The maximum Gasteiger partial charge on any atom is 0.340 e. The molecule has 1 aromatic heterocycles. The van der Waals surface area contributed by atoms with E-state index in [4.69, 9.17) is 4.74 Å². The number of hydrogen-bond donors (Lipinski definition) is 0. The fourth-order valence-corrected chi connectivity index (χ4v) is 2.60. The average molecular weight is 317 g/mol. The Balaban J connectivity index is 2.89. The maximum atomic E-state index is 14.4. The summed E-state index contributed by atoms with van der Waals surface area (Å²) in [6.07, 6.45) is 0.355. The lowest BCUT2D eigenvalue weighted by atomic mass is 9.85. The van der Waals surface area contributed by atoms with E-state index in [2.05, 4.69) is 4.98 Å². The van der Waals surface area contributed by atoms with Gasteiger partial charge in [0.1, 0.15) is 13.7 Å². The molecule has 23 heavy (non-hydrogen) atoms. The molecule has 0 atom stereocenters. The predicted molar refractivity (Wildman–Crippen MR) is 87.3 cm³/mol. The predicted octanol–water partition coefficient (Wildman–Crippen LogP) is 3.07. The summed E-state index contributed by atoms with van der Waals surface area (Å²) in [4.78, 5) is 16.3. The number of benzene rings is 1. The fraction of sp³-hybridized carbons (Fsp3) is 0.294. The van der Waals surface area contributed by atoms with Gasteiger partial charge in [0.25, 0.3) is 0 Å². The molecule has 0 radical (unpaired) electrons. The van der Waals surface area contributed by atoms with Crippen LogP contribution in [0.5, 0.6) is 0 Å². The highest BCUT2D eigenvalue weighted by molar-refractivity contribution is 6.10. The SMILES string of the molecule is BCc1c(F)nc(C(C)C)c(C(=O)OC)c1-c1ccc(F)cc1. The minimum absolute atomic E-state index is 0.163. The monoisotopic (exact) mass is 317 g/mol. The van der Waals surface area contributed by atoms with Crippen LogP contribution in [-0.2, 0) is 11.1 Å². The number of carbonyl (C=O) groups is 1. The van der Waals surface area contributed by atoms with E-state index >= 15 is 0 Å². The van der Waals surface area contributed by atoms with Crippen molar-refractivity contribution >= 4 is 13.8 Å². The molecule has 0 saturated heterocycles. The van der Waals surface area contributed by atoms with Crippen LogP contribution in [0.2, 0.25) is 0 Å². The number of ether oxygens (including phenoxy) is 1. The summed E-state index contributed by atoms with van der Waals surface area (Å²) in [5.41, 5.74) is 1.89. The summed E-state index contributed by atoms with van der Waals surface area (Å²) in [5, 5.41) is 0. The van der Waals surface area contributed by atoms with Crippen molar-refractivity contribution in [2.45, 2.75) is 26.1 Å². The van der Waals surface area contributed by atoms with E-state index in [1.807, 2.05) is 13.8 Å². The van der Waals surface area contributed by atoms with E-state index in [1.165, 1.54) is 31.4 Å². The summed E-state index contributed by atoms with van der Waals surface area (Å²) >= 11 is 0. The molecule has 0 saturated carbocycles. The molecule has 0 aliphatic carbocycles. The first-order valence-electron chi connectivity index (χ1n) is 7.47. The number of halogens is 2. The van der Waals surface area contributed by atoms with Gasteiger partial charge in [-0.1, -0.05) is 32.3 Å². The van der Waals surface area contributed by atoms with Crippen LogP contribution in [0.25, 0.3) is 11.1 Å². The molecular weight excluding hydrogens is 299 g/mol. The molecule has 0 aliphatic heterocycles. The van der Waals surface area contributed by atoms with Crippen molar-refractivity contribution in [1.29, 1.82) is 0 Å². The van der Waals surface area contributed by atoms with Crippen LogP contribution >= 0.6 is 0 Å². The number of carbonyl (C=O) groups excluding carboxylic acids is 1. The Bertz CT molecular complexity index is 730. The number of pyridine rings is 1.